The quantitative estimate of drug-likeness (QED) is 0.673. The summed E-state index contributed by atoms with van der Waals surface area (Å²) < 4.78 is 0. The molecule has 132 valence electrons. The van der Waals surface area contributed by atoms with Gasteiger partial charge in [0, 0.05) is 35.6 Å². The highest BCUT2D eigenvalue weighted by atomic mass is 16.2. The normalized spacial score (nSPS) is 14.0. The molecule has 6 nitrogen and oxygen atoms in total. The average Bonchev–Trinajstić information content (AvgIpc) is 3.26. The van der Waals surface area contributed by atoms with Gasteiger partial charge in [0.25, 0.3) is 0 Å². The number of hydrogen-bond donors (Lipinski definition) is 3. The number of carbonyl (C=O) groups excluding carboxylic acids is 2. The van der Waals surface area contributed by atoms with Crippen LogP contribution in [0, 0.1) is 0 Å². The molecule has 1 fully saturated rings. The number of hydrogen-bond acceptors (Lipinski definition) is 2. The van der Waals surface area contributed by atoms with Gasteiger partial charge in [-0.3, -0.25) is 4.79 Å². The number of H-pyrrole nitrogens is 1. The molecule has 3 amide bonds. The largest absolute Gasteiger partial charge is 0.357 e. The summed E-state index contributed by atoms with van der Waals surface area (Å²) in [5, 5.41) is 6.77. The summed E-state index contributed by atoms with van der Waals surface area (Å²) in [6, 6.07) is 17.1. The minimum absolute atomic E-state index is 0.154. The molecule has 3 N–H and O–H groups in total. The van der Waals surface area contributed by atoms with Gasteiger partial charge in [-0.2, -0.15) is 0 Å². The highest BCUT2D eigenvalue weighted by molar-refractivity contribution is 5.96. The number of nitrogens with one attached hydrogen (secondary N) is 3. The lowest BCUT2D eigenvalue weighted by molar-refractivity contribution is -0.117. The van der Waals surface area contributed by atoms with Gasteiger partial charge in [0.05, 0.1) is 6.54 Å². The van der Waals surface area contributed by atoms with Crippen molar-refractivity contribution < 1.29 is 9.59 Å². The van der Waals surface area contributed by atoms with Crippen molar-refractivity contribution in [2.45, 2.75) is 19.4 Å². The van der Waals surface area contributed by atoms with Gasteiger partial charge in [-0.1, -0.05) is 18.2 Å². The molecule has 1 aliphatic rings. The summed E-state index contributed by atoms with van der Waals surface area (Å²) >= 11 is 0. The van der Waals surface area contributed by atoms with Crippen molar-refractivity contribution >= 4 is 34.2 Å². The highest BCUT2D eigenvalue weighted by Gasteiger charge is 2.21. The van der Waals surface area contributed by atoms with Crippen LogP contribution in [-0.2, 0) is 11.3 Å². The number of para-hydroxylation sites is 1. The number of aromatic nitrogens is 1. The van der Waals surface area contributed by atoms with E-state index >= 15 is 0 Å². The molecule has 0 unspecified atom stereocenters. The van der Waals surface area contributed by atoms with E-state index in [-0.39, 0.29) is 11.9 Å². The Kier molecular flexibility index (Phi) is 4.31. The van der Waals surface area contributed by atoms with E-state index < -0.39 is 0 Å². The Hall–Kier alpha value is -3.28. The van der Waals surface area contributed by atoms with Gasteiger partial charge in [-0.15, -0.1) is 0 Å². The van der Waals surface area contributed by atoms with E-state index in [4.69, 9.17) is 0 Å². The summed E-state index contributed by atoms with van der Waals surface area (Å²) in [5.41, 5.74) is 3.56. The molecule has 2 aromatic carbocycles. The minimum Gasteiger partial charge on any atom is -0.357 e. The Balaban J connectivity index is 1.33. The molecule has 1 aliphatic heterocycles. The zero-order chi connectivity index (χ0) is 17.9. The van der Waals surface area contributed by atoms with Crippen molar-refractivity contribution in [2.24, 2.45) is 0 Å². The molecular weight excluding hydrogens is 328 g/mol. The van der Waals surface area contributed by atoms with Crippen molar-refractivity contribution in [3.05, 3.63) is 60.3 Å². The van der Waals surface area contributed by atoms with Crippen LogP contribution >= 0.6 is 0 Å². The molecule has 0 spiro atoms. The predicted molar refractivity (Wildman–Crippen MR) is 102 cm³/mol. The number of urea groups is 1. The van der Waals surface area contributed by atoms with Crippen LogP contribution in [-0.4, -0.2) is 23.5 Å². The van der Waals surface area contributed by atoms with Crippen LogP contribution in [0.15, 0.2) is 54.6 Å². The molecule has 4 rings (SSSR count). The zero-order valence-electron chi connectivity index (χ0n) is 14.3. The Morgan fingerprint density at radius 2 is 1.92 bits per heavy atom. The topological polar surface area (TPSA) is 77.2 Å². The maximum Gasteiger partial charge on any atom is 0.319 e. The van der Waals surface area contributed by atoms with E-state index in [0.29, 0.717) is 18.7 Å². The number of carbonyl (C=O) groups is 2. The van der Waals surface area contributed by atoms with E-state index in [0.717, 1.165) is 35.2 Å². The van der Waals surface area contributed by atoms with E-state index in [9.17, 15) is 9.59 Å². The van der Waals surface area contributed by atoms with Gasteiger partial charge in [0.1, 0.15) is 0 Å². The maximum absolute atomic E-state index is 12.1. The minimum atomic E-state index is -0.270. The van der Waals surface area contributed by atoms with Crippen molar-refractivity contribution in [3.63, 3.8) is 0 Å². The van der Waals surface area contributed by atoms with Crippen molar-refractivity contribution in [2.75, 3.05) is 16.8 Å². The summed E-state index contributed by atoms with van der Waals surface area (Å²) in [6.07, 6.45) is 1.51. The first-order valence-corrected chi connectivity index (χ1v) is 8.71. The number of aromatic amines is 1. The van der Waals surface area contributed by atoms with Crippen LogP contribution in [0.3, 0.4) is 0 Å². The summed E-state index contributed by atoms with van der Waals surface area (Å²) in [7, 11) is 0. The maximum atomic E-state index is 12.1. The number of benzene rings is 2. The number of anilines is 2. The number of fused-ring (bicyclic) bond motifs is 1. The number of amides is 3. The van der Waals surface area contributed by atoms with Crippen LogP contribution in [0.25, 0.3) is 10.9 Å². The van der Waals surface area contributed by atoms with Gasteiger partial charge in [0.15, 0.2) is 0 Å². The summed E-state index contributed by atoms with van der Waals surface area (Å²) in [5.74, 6) is 0.154. The van der Waals surface area contributed by atoms with Gasteiger partial charge in [-0.25, -0.2) is 4.79 Å². The highest BCUT2D eigenvalue weighted by Crippen LogP contribution is 2.23. The third-order valence-electron chi connectivity index (χ3n) is 4.54. The van der Waals surface area contributed by atoms with Gasteiger partial charge >= 0.3 is 6.03 Å². The molecule has 0 bridgehead atoms. The molecule has 1 aromatic heterocycles. The molecule has 2 heterocycles. The fraction of sp³-hybridized carbons (Fsp3) is 0.200. The van der Waals surface area contributed by atoms with Gasteiger partial charge in [-0.05, 0) is 48.2 Å². The van der Waals surface area contributed by atoms with E-state index in [2.05, 4.69) is 15.6 Å². The second-order valence-electron chi connectivity index (χ2n) is 6.39. The van der Waals surface area contributed by atoms with Crippen molar-refractivity contribution in [1.29, 1.82) is 0 Å². The third-order valence-corrected chi connectivity index (χ3v) is 4.54. The lowest BCUT2D eigenvalue weighted by atomic mass is 10.2. The number of nitrogens with zero attached hydrogens (tertiary/aromatic N) is 1. The van der Waals surface area contributed by atoms with Crippen LogP contribution in [0.1, 0.15) is 18.5 Å². The van der Waals surface area contributed by atoms with Crippen LogP contribution in [0.2, 0.25) is 0 Å². The average molecular weight is 348 g/mol. The summed E-state index contributed by atoms with van der Waals surface area (Å²) in [4.78, 5) is 28.9. The first-order chi connectivity index (χ1) is 12.7. The van der Waals surface area contributed by atoms with Crippen LogP contribution < -0.4 is 15.5 Å². The molecule has 0 radical (unpaired) electrons. The third kappa shape index (κ3) is 3.39. The standard InChI is InChI=1S/C20H20N4O2/c25-19-6-3-11-24(19)17-9-7-15(8-10-17)23-20(26)21-13-16-12-14-4-1-2-5-18(14)22-16/h1-2,4-5,7-10,12,22H,3,6,11,13H2,(H2,21,23,26). The fourth-order valence-corrected chi connectivity index (χ4v) is 3.23. The van der Waals surface area contributed by atoms with E-state index in [1.807, 2.05) is 54.6 Å². The lowest BCUT2D eigenvalue weighted by Gasteiger charge is -2.16. The molecular formula is C20H20N4O2. The predicted octanol–water partition coefficient (Wildman–Crippen LogP) is 3.62. The monoisotopic (exact) mass is 348 g/mol. The molecule has 0 atom stereocenters. The lowest BCUT2D eigenvalue weighted by Crippen LogP contribution is -2.28. The Morgan fingerprint density at radius 3 is 2.65 bits per heavy atom. The molecule has 6 heteroatoms. The Morgan fingerprint density at radius 1 is 1.12 bits per heavy atom. The van der Waals surface area contributed by atoms with Gasteiger partial charge < -0.3 is 20.5 Å². The fourth-order valence-electron chi connectivity index (χ4n) is 3.23. The van der Waals surface area contributed by atoms with Crippen LogP contribution in [0.4, 0.5) is 16.2 Å². The Labute approximate surface area is 151 Å². The summed E-state index contributed by atoms with van der Waals surface area (Å²) in [6.45, 7) is 1.18. The second kappa shape index (κ2) is 6.92. The molecule has 26 heavy (non-hydrogen) atoms. The second-order valence-corrected chi connectivity index (χ2v) is 6.39. The molecule has 0 aliphatic carbocycles. The van der Waals surface area contributed by atoms with E-state index in [1.165, 1.54) is 0 Å². The molecule has 1 saturated heterocycles. The van der Waals surface area contributed by atoms with Crippen LogP contribution in [0.5, 0.6) is 0 Å². The Bertz CT molecular complexity index is 913. The number of rotatable bonds is 4. The SMILES string of the molecule is O=C(NCc1cc2ccccc2[nH]1)Nc1ccc(N2CCCC2=O)cc1. The van der Waals surface area contributed by atoms with E-state index in [1.54, 1.807) is 4.90 Å². The first kappa shape index (κ1) is 16.2. The molecule has 0 saturated carbocycles. The molecule has 3 aromatic rings. The van der Waals surface area contributed by atoms with Gasteiger partial charge in [0.2, 0.25) is 5.91 Å². The zero-order valence-corrected chi connectivity index (χ0v) is 14.3. The van der Waals surface area contributed by atoms with Crippen molar-refractivity contribution in [1.82, 2.24) is 10.3 Å². The smallest absolute Gasteiger partial charge is 0.319 e. The van der Waals surface area contributed by atoms with Crippen molar-refractivity contribution in [3.8, 4) is 0 Å². The first-order valence-electron chi connectivity index (χ1n) is 8.71.